The standard InChI is InChI=1S/C12H13F2NO/c1-2-3-7-15-8-11(16)12-9(13)5-4-6-10(12)14/h4-6,11,15-16H,7-8H2,1H3. The van der Waals surface area contributed by atoms with Crippen molar-refractivity contribution in [2.75, 3.05) is 13.1 Å². The molecule has 1 aromatic carbocycles. The molecule has 0 aliphatic heterocycles. The summed E-state index contributed by atoms with van der Waals surface area (Å²) >= 11 is 0. The van der Waals surface area contributed by atoms with Crippen LogP contribution in [-0.2, 0) is 0 Å². The number of halogens is 2. The Morgan fingerprint density at radius 3 is 2.56 bits per heavy atom. The minimum absolute atomic E-state index is 0.0620. The van der Waals surface area contributed by atoms with Crippen LogP contribution >= 0.6 is 0 Å². The monoisotopic (exact) mass is 225 g/mol. The minimum atomic E-state index is -1.21. The van der Waals surface area contributed by atoms with Gasteiger partial charge in [-0.25, -0.2) is 8.78 Å². The van der Waals surface area contributed by atoms with E-state index >= 15 is 0 Å². The van der Waals surface area contributed by atoms with Gasteiger partial charge in [-0.15, -0.1) is 5.92 Å². The number of benzene rings is 1. The van der Waals surface area contributed by atoms with Crippen LogP contribution in [0, 0.1) is 23.5 Å². The van der Waals surface area contributed by atoms with Gasteiger partial charge in [0.25, 0.3) is 0 Å². The lowest BCUT2D eigenvalue weighted by Crippen LogP contribution is -2.23. The summed E-state index contributed by atoms with van der Waals surface area (Å²) in [7, 11) is 0. The van der Waals surface area contributed by atoms with Crippen molar-refractivity contribution >= 4 is 0 Å². The van der Waals surface area contributed by atoms with E-state index in [-0.39, 0.29) is 12.1 Å². The zero-order chi connectivity index (χ0) is 12.0. The first-order valence-corrected chi connectivity index (χ1v) is 4.89. The molecule has 16 heavy (non-hydrogen) atoms. The first kappa shape index (κ1) is 12.6. The van der Waals surface area contributed by atoms with Gasteiger partial charge in [-0.3, -0.25) is 0 Å². The highest BCUT2D eigenvalue weighted by atomic mass is 19.1. The zero-order valence-electron chi connectivity index (χ0n) is 8.93. The molecule has 2 nitrogen and oxygen atoms in total. The van der Waals surface area contributed by atoms with Crippen molar-refractivity contribution in [2.45, 2.75) is 13.0 Å². The second-order valence-corrected chi connectivity index (χ2v) is 3.21. The van der Waals surface area contributed by atoms with Crippen molar-refractivity contribution < 1.29 is 13.9 Å². The van der Waals surface area contributed by atoms with E-state index in [0.717, 1.165) is 12.1 Å². The van der Waals surface area contributed by atoms with Crippen LogP contribution in [0.25, 0.3) is 0 Å². The molecule has 1 rings (SSSR count). The highest BCUT2D eigenvalue weighted by Crippen LogP contribution is 2.19. The van der Waals surface area contributed by atoms with Gasteiger partial charge in [-0.05, 0) is 19.1 Å². The summed E-state index contributed by atoms with van der Waals surface area (Å²) in [6, 6.07) is 3.50. The Hall–Kier alpha value is -1.44. The molecule has 0 heterocycles. The van der Waals surface area contributed by atoms with E-state index < -0.39 is 17.7 Å². The molecule has 0 aromatic heterocycles. The Balaban J connectivity index is 2.64. The van der Waals surface area contributed by atoms with Crippen molar-refractivity contribution in [3.63, 3.8) is 0 Å². The summed E-state index contributed by atoms with van der Waals surface area (Å²) in [5, 5.41) is 12.4. The molecule has 1 unspecified atom stereocenters. The van der Waals surface area contributed by atoms with Crippen LogP contribution in [0.3, 0.4) is 0 Å². The summed E-state index contributed by atoms with van der Waals surface area (Å²) < 4.78 is 26.4. The zero-order valence-corrected chi connectivity index (χ0v) is 8.93. The van der Waals surface area contributed by atoms with E-state index in [1.807, 2.05) is 0 Å². The van der Waals surface area contributed by atoms with Gasteiger partial charge in [0.2, 0.25) is 0 Å². The van der Waals surface area contributed by atoms with Gasteiger partial charge in [0, 0.05) is 6.54 Å². The molecule has 86 valence electrons. The number of nitrogens with one attached hydrogen (secondary N) is 1. The van der Waals surface area contributed by atoms with E-state index in [9.17, 15) is 13.9 Å². The molecule has 4 heteroatoms. The van der Waals surface area contributed by atoms with E-state index in [2.05, 4.69) is 17.2 Å². The van der Waals surface area contributed by atoms with Gasteiger partial charge in [-0.1, -0.05) is 12.0 Å². The Bertz CT molecular complexity index is 389. The van der Waals surface area contributed by atoms with Crippen LogP contribution in [0.2, 0.25) is 0 Å². The lowest BCUT2D eigenvalue weighted by molar-refractivity contribution is 0.166. The predicted molar refractivity (Wildman–Crippen MR) is 57.6 cm³/mol. The van der Waals surface area contributed by atoms with Crippen LogP contribution in [0.4, 0.5) is 8.78 Å². The average Bonchev–Trinajstić information content (AvgIpc) is 2.24. The van der Waals surface area contributed by atoms with Gasteiger partial charge >= 0.3 is 0 Å². The first-order chi connectivity index (χ1) is 7.66. The number of aliphatic hydroxyl groups is 1. The third kappa shape index (κ3) is 3.30. The Labute approximate surface area is 93.3 Å². The van der Waals surface area contributed by atoms with Crippen molar-refractivity contribution in [2.24, 2.45) is 0 Å². The van der Waals surface area contributed by atoms with Crippen LogP contribution in [0.5, 0.6) is 0 Å². The average molecular weight is 225 g/mol. The molecule has 0 amide bonds. The Kier molecular flexibility index (Phi) is 4.90. The van der Waals surface area contributed by atoms with Gasteiger partial charge < -0.3 is 10.4 Å². The van der Waals surface area contributed by atoms with Crippen molar-refractivity contribution in [3.8, 4) is 11.8 Å². The fraction of sp³-hybridized carbons (Fsp3) is 0.333. The van der Waals surface area contributed by atoms with E-state index in [0.29, 0.717) is 6.54 Å². The smallest absolute Gasteiger partial charge is 0.131 e. The molecule has 0 saturated heterocycles. The van der Waals surface area contributed by atoms with Gasteiger partial charge in [0.15, 0.2) is 0 Å². The highest BCUT2D eigenvalue weighted by molar-refractivity contribution is 5.22. The predicted octanol–water partition coefficient (Wildman–Crippen LogP) is 1.61. The quantitative estimate of drug-likeness (QED) is 0.602. The van der Waals surface area contributed by atoms with Crippen LogP contribution in [-0.4, -0.2) is 18.2 Å². The molecule has 0 saturated carbocycles. The molecular formula is C12H13F2NO. The summed E-state index contributed by atoms with van der Waals surface area (Å²) in [5.41, 5.74) is -0.306. The summed E-state index contributed by atoms with van der Waals surface area (Å²) in [5.74, 6) is 3.91. The SMILES string of the molecule is CC#CCNCC(O)c1c(F)cccc1F. The molecule has 2 N–H and O–H groups in total. The largest absolute Gasteiger partial charge is 0.387 e. The van der Waals surface area contributed by atoms with Crippen molar-refractivity contribution in [1.29, 1.82) is 0 Å². The second-order valence-electron chi connectivity index (χ2n) is 3.21. The van der Waals surface area contributed by atoms with E-state index in [1.54, 1.807) is 6.92 Å². The topological polar surface area (TPSA) is 32.3 Å². The maximum atomic E-state index is 13.2. The van der Waals surface area contributed by atoms with Crippen LogP contribution in [0.15, 0.2) is 18.2 Å². The number of hydrogen-bond donors (Lipinski definition) is 2. The number of aliphatic hydroxyl groups excluding tert-OH is 1. The number of hydrogen-bond acceptors (Lipinski definition) is 2. The van der Waals surface area contributed by atoms with Crippen LogP contribution < -0.4 is 5.32 Å². The van der Waals surface area contributed by atoms with Crippen molar-refractivity contribution in [1.82, 2.24) is 5.32 Å². The highest BCUT2D eigenvalue weighted by Gasteiger charge is 2.16. The Morgan fingerprint density at radius 2 is 2.00 bits per heavy atom. The molecule has 0 spiro atoms. The molecule has 0 fully saturated rings. The summed E-state index contributed by atoms with van der Waals surface area (Å²) in [6.45, 7) is 2.13. The fourth-order valence-corrected chi connectivity index (χ4v) is 1.29. The molecule has 0 bridgehead atoms. The normalized spacial score (nSPS) is 11.8. The Morgan fingerprint density at radius 1 is 1.38 bits per heavy atom. The third-order valence-corrected chi connectivity index (χ3v) is 2.06. The lowest BCUT2D eigenvalue weighted by Gasteiger charge is -2.12. The first-order valence-electron chi connectivity index (χ1n) is 4.89. The minimum Gasteiger partial charge on any atom is -0.387 e. The third-order valence-electron chi connectivity index (χ3n) is 2.06. The molecule has 0 radical (unpaired) electrons. The van der Waals surface area contributed by atoms with Gasteiger partial charge in [-0.2, -0.15) is 0 Å². The molecule has 0 aliphatic carbocycles. The summed E-state index contributed by atoms with van der Waals surface area (Å²) in [6.07, 6.45) is -1.21. The second kappa shape index (κ2) is 6.21. The molecule has 1 atom stereocenters. The van der Waals surface area contributed by atoms with Gasteiger partial charge in [0.05, 0.1) is 18.2 Å². The number of rotatable bonds is 4. The fourth-order valence-electron chi connectivity index (χ4n) is 1.29. The maximum absolute atomic E-state index is 13.2. The summed E-state index contributed by atoms with van der Waals surface area (Å²) in [4.78, 5) is 0. The maximum Gasteiger partial charge on any atom is 0.131 e. The van der Waals surface area contributed by atoms with Gasteiger partial charge in [0.1, 0.15) is 11.6 Å². The van der Waals surface area contributed by atoms with E-state index in [4.69, 9.17) is 0 Å². The molecule has 0 aliphatic rings. The molecular weight excluding hydrogens is 212 g/mol. The van der Waals surface area contributed by atoms with Crippen molar-refractivity contribution in [3.05, 3.63) is 35.4 Å². The molecule has 1 aromatic rings. The lowest BCUT2D eigenvalue weighted by atomic mass is 10.1. The van der Waals surface area contributed by atoms with Crippen LogP contribution in [0.1, 0.15) is 18.6 Å². The van der Waals surface area contributed by atoms with E-state index in [1.165, 1.54) is 6.07 Å².